The molecular weight excluding hydrogens is 194 g/mol. The van der Waals surface area contributed by atoms with Crippen molar-refractivity contribution in [2.24, 2.45) is 5.41 Å². The van der Waals surface area contributed by atoms with Gasteiger partial charge in [0.2, 0.25) is 0 Å². The van der Waals surface area contributed by atoms with Crippen molar-refractivity contribution in [3.8, 4) is 0 Å². The predicted octanol–water partition coefficient (Wildman–Crippen LogP) is 2.69. The van der Waals surface area contributed by atoms with Crippen LogP contribution in [0.1, 0.15) is 18.9 Å². The van der Waals surface area contributed by atoms with Crippen molar-refractivity contribution in [3.63, 3.8) is 0 Å². The zero-order valence-electron chi connectivity index (χ0n) is 8.15. The van der Waals surface area contributed by atoms with E-state index in [1.165, 1.54) is 0 Å². The lowest BCUT2D eigenvalue weighted by molar-refractivity contribution is -0.120. The van der Waals surface area contributed by atoms with Crippen LogP contribution in [0, 0.1) is 5.41 Å². The van der Waals surface area contributed by atoms with Crippen molar-refractivity contribution < 1.29 is 4.79 Å². The van der Waals surface area contributed by atoms with Gasteiger partial charge in [-0.1, -0.05) is 6.08 Å². The molecule has 0 bridgehead atoms. The Morgan fingerprint density at radius 1 is 1.36 bits per heavy atom. The summed E-state index contributed by atoms with van der Waals surface area (Å²) in [6.45, 7) is 3.85. The lowest BCUT2D eigenvalue weighted by Gasteiger charge is -2.20. The third kappa shape index (κ3) is 1.55. The first-order valence-electron chi connectivity index (χ1n) is 4.45. The molecule has 0 aliphatic heterocycles. The smallest absolute Gasteiger partial charge is 0.165 e. The molecule has 1 aliphatic rings. The lowest BCUT2D eigenvalue weighted by atomic mass is 9.82. The first-order valence-corrected chi connectivity index (χ1v) is 5.33. The fraction of sp³-hybridized carbons (Fsp3) is 0.273. The Labute approximate surface area is 87.0 Å². The number of hydrogen-bond donors (Lipinski definition) is 0. The maximum absolute atomic E-state index is 11.5. The molecule has 0 radical (unpaired) electrons. The Morgan fingerprint density at radius 3 is 2.71 bits per heavy atom. The highest BCUT2D eigenvalue weighted by atomic mass is 32.1. The molecular formula is C11H11NOS. The summed E-state index contributed by atoms with van der Waals surface area (Å²) in [4.78, 5) is 15.7. The molecule has 0 saturated heterocycles. The van der Waals surface area contributed by atoms with Crippen LogP contribution in [0.3, 0.4) is 0 Å². The van der Waals surface area contributed by atoms with Crippen LogP contribution in [0.5, 0.6) is 0 Å². The molecule has 1 heterocycles. The van der Waals surface area contributed by atoms with Crippen LogP contribution in [-0.4, -0.2) is 10.8 Å². The molecule has 0 unspecified atom stereocenters. The summed E-state index contributed by atoms with van der Waals surface area (Å²) in [7, 11) is 0. The third-order valence-electron chi connectivity index (χ3n) is 2.24. The van der Waals surface area contributed by atoms with Gasteiger partial charge >= 0.3 is 0 Å². The Balaban J connectivity index is 2.41. The number of nitrogens with zero attached hydrogens (tertiary/aromatic N) is 1. The predicted molar refractivity (Wildman–Crippen MR) is 58.0 cm³/mol. The van der Waals surface area contributed by atoms with Crippen LogP contribution in [0.2, 0.25) is 0 Å². The fourth-order valence-electron chi connectivity index (χ4n) is 1.39. The summed E-state index contributed by atoms with van der Waals surface area (Å²) >= 11 is 1.59. The van der Waals surface area contributed by atoms with Gasteiger partial charge in [0, 0.05) is 22.6 Å². The first kappa shape index (κ1) is 9.34. The van der Waals surface area contributed by atoms with E-state index in [1.807, 2.05) is 31.4 Å². The van der Waals surface area contributed by atoms with E-state index >= 15 is 0 Å². The maximum Gasteiger partial charge on any atom is 0.165 e. The Bertz CT molecular complexity index is 413. The zero-order chi connectivity index (χ0) is 10.2. The second-order valence-electron chi connectivity index (χ2n) is 3.86. The number of hydrogen-bond acceptors (Lipinski definition) is 3. The highest BCUT2D eigenvalue weighted by molar-refractivity contribution is 7.10. The van der Waals surface area contributed by atoms with Gasteiger partial charge in [-0.05, 0) is 26.0 Å². The second kappa shape index (κ2) is 3.17. The monoisotopic (exact) mass is 205 g/mol. The molecule has 0 saturated carbocycles. The van der Waals surface area contributed by atoms with E-state index in [-0.39, 0.29) is 5.78 Å². The van der Waals surface area contributed by atoms with Gasteiger partial charge in [0.25, 0.3) is 0 Å². The molecule has 0 aromatic carbocycles. The van der Waals surface area contributed by atoms with Gasteiger partial charge in [0.1, 0.15) is 5.01 Å². The third-order valence-corrected chi connectivity index (χ3v) is 3.07. The van der Waals surface area contributed by atoms with Crippen molar-refractivity contribution in [1.82, 2.24) is 4.98 Å². The molecule has 0 spiro atoms. The van der Waals surface area contributed by atoms with Crippen molar-refractivity contribution in [3.05, 3.63) is 34.8 Å². The average Bonchev–Trinajstić information content (AvgIpc) is 2.62. The summed E-state index contributed by atoms with van der Waals surface area (Å²) in [5.74, 6) is 0.151. The van der Waals surface area contributed by atoms with E-state index in [0.717, 1.165) is 10.6 Å². The Morgan fingerprint density at radius 2 is 2.14 bits per heavy atom. The molecule has 1 aromatic rings. The highest BCUT2D eigenvalue weighted by Gasteiger charge is 2.26. The van der Waals surface area contributed by atoms with Gasteiger partial charge in [-0.3, -0.25) is 4.79 Å². The number of allylic oxidation sites excluding steroid dienone is 4. The highest BCUT2D eigenvalue weighted by Crippen LogP contribution is 2.31. The van der Waals surface area contributed by atoms with Gasteiger partial charge in [-0.15, -0.1) is 11.3 Å². The molecule has 0 amide bonds. The van der Waals surface area contributed by atoms with E-state index in [9.17, 15) is 4.79 Å². The van der Waals surface area contributed by atoms with Crippen LogP contribution in [0.15, 0.2) is 29.8 Å². The molecule has 2 nitrogen and oxygen atoms in total. The van der Waals surface area contributed by atoms with Gasteiger partial charge < -0.3 is 0 Å². The van der Waals surface area contributed by atoms with Crippen LogP contribution in [0.4, 0.5) is 0 Å². The Hall–Kier alpha value is -1.22. The minimum absolute atomic E-state index is 0.151. The zero-order valence-corrected chi connectivity index (χ0v) is 8.97. The van der Waals surface area contributed by atoms with E-state index < -0.39 is 5.41 Å². The summed E-state index contributed by atoms with van der Waals surface area (Å²) in [6.07, 6.45) is 7.23. The van der Waals surface area contributed by atoms with Gasteiger partial charge in [-0.2, -0.15) is 0 Å². The molecule has 3 heteroatoms. The minimum atomic E-state index is -0.393. The first-order chi connectivity index (χ1) is 6.59. The summed E-state index contributed by atoms with van der Waals surface area (Å²) in [5.41, 5.74) is 0.653. The van der Waals surface area contributed by atoms with Crippen molar-refractivity contribution in [2.45, 2.75) is 13.8 Å². The number of carbonyl (C=O) groups excluding carboxylic acids is 1. The van der Waals surface area contributed by atoms with Crippen LogP contribution in [-0.2, 0) is 4.79 Å². The maximum atomic E-state index is 11.5. The molecule has 1 aliphatic carbocycles. The van der Waals surface area contributed by atoms with E-state index in [2.05, 4.69) is 4.98 Å². The number of carbonyl (C=O) groups is 1. The van der Waals surface area contributed by atoms with E-state index in [4.69, 9.17) is 0 Å². The standard InChI is InChI=1S/C11H11NOS/c1-11(2)7-8(3-4-9(11)13)10-12-5-6-14-10/h3-7H,1-2H3. The molecule has 0 fully saturated rings. The van der Waals surface area contributed by atoms with Gasteiger partial charge in [-0.25, -0.2) is 4.98 Å². The molecule has 0 atom stereocenters. The topological polar surface area (TPSA) is 30.0 Å². The van der Waals surface area contributed by atoms with E-state index in [0.29, 0.717) is 0 Å². The molecule has 1 aromatic heterocycles. The van der Waals surface area contributed by atoms with Crippen LogP contribution < -0.4 is 0 Å². The number of rotatable bonds is 1. The molecule has 2 rings (SSSR count). The second-order valence-corrected chi connectivity index (χ2v) is 4.75. The molecule has 0 N–H and O–H groups in total. The lowest BCUT2D eigenvalue weighted by Crippen LogP contribution is -2.22. The summed E-state index contributed by atoms with van der Waals surface area (Å²) in [6, 6.07) is 0. The largest absolute Gasteiger partial charge is 0.294 e. The van der Waals surface area contributed by atoms with Crippen molar-refractivity contribution in [2.75, 3.05) is 0 Å². The summed E-state index contributed by atoms with van der Waals surface area (Å²) < 4.78 is 0. The summed E-state index contributed by atoms with van der Waals surface area (Å²) in [5, 5.41) is 2.91. The number of thiazole rings is 1. The molecule has 72 valence electrons. The average molecular weight is 205 g/mol. The van der Waals surface area contributed by atoms with Crippen molar-refractivity contribution in [1.29, 1.82) is 0 Å². The number of aromatic nitrogens is 1. The number of ketones is 1. The molecule has 14 heavy (non-hydrogen) atoms. The van der Waals surface area contributed by atoms with Crippen molar-refractivity contribution >= 4 is 22.7 Å². The van der Waals surface area contributed by atoms with Crippen LogP contribution >= 0.6 is 11.3 Å². The Kier molecular flexibility index (Phi) is 2.11. The fourth-order valence-corrected chi connectivity index (χ4v) is 2.02. The van der Waals surface area contributed by atoms with E-state index in [1.54, 1.807) is 23.6 Å². The van der Waals surface area contributed by atoms with Crippen LogP contribution in [0.25, 0.3) is 5.57 Å². The minimum Gasteiger partial charge on any atom is -0.294 e. The quantitative estimate of drug-likeness (QED) is 0.705. The van der Waals surface area contributed by atoms with Gasteiger partial charge in [0.05, 0.1) is 0 Å². The van der Waals surface area contributed by atoms with Gasteiger partial charge in [0.15, 0.2) is 5.78 Å². The normalized spacial score (nSPS) is 19.6. The SMILES string of the molecule is CC1(C)C=C(c2nccs2)C=CC1=O.